The third-order valence-electron chi connectivity index (χ3n) is 6.08. The summed E-state index contributed by atoms with van der Waals surface area (Å²) in [5.74, 6) is 0.654. The number of ether oxygens (including phenoxy) is 1. The Morgan fingerprint density at radius 1 is 1.17 bits per heavy atom. The smallest absolute Gasteiger partial charge is 0.224 e. The SMILES string of the molecule is O=C1CCc2c(OCC3(O)CCN(c4ccc5sccc5c4)CC3)ccc(Cl)c2N1. The lowest BCUT2D eigenvalue weighted by Crippen LogP contribution is -2.48. The van der Waals surface area contributed by atoms with Gasteiger partial charge in [0.05, 0.1) is 10.7 Å². The number of nitrogens with zero attached hydrogens (tertiary/aromatic N) is 1. The topological polar surface area (TPSA) is 61.8 Å². The second-order valence-corrected chi connectivity index (χ2v) is 9.44. The van der Waals surface area contributed by atoms with Crippen molar-refractivity contribution in [3.63, 3.8) is 0 Å². The lowest BCUT2D eigenvalue weighted by atomic mass is 9.92. The lowest BCUT2D eigenvalue weighted by Gasteiger charge is -2.39. The number of benzene rings is 2. The standard InChI is InChI=1S/C23H23ClN2O3S/c24-18-3-4-19(17-2-6-21(27)25-22(17)18)29-14-23(28)8-10-26(11-9-23)16-1-5-20-15(13-16)7-12-30-20/h1,3-5,7,12-13,28H,2,6,8-11,14H2,(H,25,27). The molecule has 7 heteroatoms. The first-order valence-electron chi connectivity index (χ1n) is 10.2. The van der Waals surface area contributed by atoms with Crippen LogP contribution in [0.15, 0.2) is 41.8 Å². The molecule has 2 aromatic carbocycles. The number of aliphatic hydroxyl groups is 1. The van der Waals surface area contributed by atoms with Crippen LogP contribution in [0.5, 0.6) is 5.75 Å². The van der Waals surface area contributed by atoms with Crippen LogP contribution in [-0.2, 0) is 11.2 Å². The summed E-state index contributed by atoms with van der Waals surface area (Å²) in [6, 6.07) is 12.3. The number of carbonyl (C=O) groups excluding carboxylic acids is 1. The van der Waals surface area contributed by atoms with E-state index in [1.807, 2.05) is 6.07 Å². The number of thiophene rings is 1. The van der Waals surface area contributed by atoms with Crippen molar-refractivity contribution in [3.8, 4) is 5.75 Å². The van der Waals surface area contributed by atoms with Crippen molar-refractivity contribution in [2.75, 3.05) is 29.9 Å². The maximum Gasteiger partial charge on any atom is 0.224 e. The summed E-state index contributed by atoms with van der Waals surface area (Å²) in [7, 11) is 0. The zero-order valence-electron chi connectivity index (χ0n) is 16.5. The molecule has 3 heterocycles. The van der Waals surface area contributed by atoms with E-state index >= 15 is 0 Å². The normalized spacial score (nSPS) is 18.2. The van der Waals surface area contributed by atoms with Crippen molar-refractivity contribution >= 4 is 50.3 Å². The van der Waals surface area contributed by atoms with Crippen LogP contribution < -0.4 is 15.0 Å². The Morgan fingerprint density at radius 3 is 2.83 bits per heavy atom. The highest BCUT2D eigenvalue weighted by Crippen LogP contribution is 2.38. The van der Waals surface area contributed by atoms with Crippen molar-refractivity contribution in [3.05, 3.63) is 52.4 Å². The average Bonchev–Trinajstić information content (AvgIpc) is 3.22. The molecule has 1 aromatic heterocycles. The molecule has 0 spiro atoms. The molecule has 5 nitrogen and oxygen atoms in total. The molecule has 2 N–H and O–H groups in total. The number of nitrogens with one attached hydrogen (secondary N) is 1. The van der Waals surface area contributed by atoms with Gasteiger partial charge in [-0.05, 0) is 66.4 Å². The Morgan fingerprint density at radius 2 is 2.00 bits per heavy atom. The molecular weight excluding hydrogens is 420 g/mol. The average molecular weight is 443 g/mol. The van der Waals surface area contributed by atoms with Gasteiger partial charge >= 0.3 is 0 Å². The van der Waals surface area contributed by atoms with Gasteiger partial charge in [-0.1, -0.05) is 11.6 Å². The van der Waals surface area contributed by atoms with E-state index in [0.29, 0.717) is 42.1 Å². The van der Waals surface area contributed by atoms with Crippen molar-refractivity contribution in [2.24, 2.45) is 0 Å². The number of piperidine rings is 1. The number of hydrogen-bond acceptors (Lipinski definition) is 5. The lowest BCUT2D eigenvalue weighted by molar-refractivity contribution is -0.116. The molecule has 0 bridgehead atoms. The van der Waals surface area contributed by atoms with Crippen LogP contribution in [-0.4, -0.2) is 36.3 Å². The van der Waals surface area contributed by atoms with Gasteiger partial charge in [0.15, 0.2) is 0 Å². The minimum Gasteiger partial charge on any atom is -0.490 e. The molecule has 3 aromatic rings. The molecule has 156 valence electrons. The summed E-state index contributed by atoms with van der Waals surface area (Å²) < 4.78 is 7.34. The molecule has 0 unspecified atom stereocenters. The molecule has 0 radical (unpaired) electrons. The van der Waals surface area contributed by atoms with Gasteiger partial charge in [0.25, 0.3) is 0 Å². The third-order valence-corrected chi connectivity index (χ3v) is 7.29. The summed E-state index contributed by atoms with van der Waals surface area (Å²) in [6.45, 7) is 1.79. The predicted molar refractivity (Wildman–Crippen MR) is 122 cm³/mol. The number of carbonyl (C=O) groups is 1. The maximum absolute atomic E-state index is 11.7. The fourth-order valence-corrected chi connectivity index (χ4v) is 5.24. The quantitative estimate of drug-likeness (QED) is 0.606. The second-order valence-electron chi connectivity index (χ2n) is 8.09. The number of amides is 1. The highest BCUT2D eigenvalue weighted by molar-refractivity contribution is 7.17. The summed E-state index contributed by atoms with van der Waals surface area (Å²) >= 11 is 7.99. The Balaban J connectivity index is 1.25. The third kappa shape index (κ3) is 3.75. The van der Waals surface area contributed by atoms with Gasteiger partial charge in [-0.15, -0.1) is 11.3 Å². The zero-order valence-corrected chi connectivity index (χ0v) is 18.1. The van der Waals surface area contributed by atoms with Crippen molar-refractivity contribution < 1.29 is 14.6 Å². The van der Waals surface area contributed by atoms with Crippen LogP contribution in [0.25, 0.3) is 10.1 Å². The van der Waals surface area contributed by atoms with E-state index in [1.54, 1.807) is 17.4 Å². The van der Waals surface area contributed by atoms with Gasteiger partial charge < -0.3 is 20.1 Å². The second kappa shape index (κ2) is 7.76. The molecule has 2 aliphatic heterocycles. The van der Waals surface area contributed by atoms with Crippen molar-refractivity contribution in [1.82, 2.24) is 0 Å². The highest BCUT2D eigenvalue weighted by Gasteiger charge is 2.34. The Labute approximate surface area is 184 Å². The minimum atomic E-state index is -0.868. The number of rotatable bonds is 4. The monoisotopic (exact) mass is 442 g/mol. The fourth-order valence-electron chi connectivity index (χ4n) is 4.25. The van der Waals surface area contributed by atoms with Gasteiger partial charge in [0.2, 0.25) is 5.91 Å². The summed E-state index contributed by atoms with van der Waals surface area (Å²) in [4.78, 5) is 14.0. The molecule has 2 aliphatic rings. The van der Waals surface area contributed by atoms with Gasteiger partial charge in [0, 0.05) is 35.5 Å². The van der Waals surface area contributed by atoms with E-state index in [2.05, 4.69) is 39.9 Å². The van der Waals surface area contributed by atoms with E-state index in [9.17, 15) is 9.90 Å². The summed E-state index contributed by atoms with van der Waals surface area (Å²) in [5.41, 5.74) is 1.88. The Kier molecular flexibility index (Phi) is 5.09. The predicted octanol–water partition coefficient (Wildman–Crippen LogP) is 4.85. The molecule has 1 fully saturated rings. The van der Waals surface area contributed by atoms with Gasteiger partial charge in [-0.2, -0.15) is 0 Å². The maximum atomic E-state index is 11.7. The molecule has 30 heavy (non-hydrogen) atoms. The van der Waals surface area contributed by atoms with Gasteiger partial charge in [0.1, 0.15) is 18.0 Å². The van der Waals surface area contributed by atoms with Crippen LogP contribution >= 0.6 is 22.9 Å². The van der Waals surface area contributed by atoms with Crippen LogP contribution in [0.3, 0.4) is 0 Å². The Bertz CT molecular complexity index is 1110. The first-order valence-corrected chi connectivity index (χ1v) is 11.5. The van der Waals surface area contributed by atoms with E-state index in [-0.39, 0.29) is 12.5 Å². The number of anilines is 2. The molecule has 1 saturated heterocycles. The van der Waals surface area contributed by atoms with E-state index < -0.39 is 5.60 Å². The number of hydrogen-bond donors (Lipinski definition) is 2. The molecule has 5 rings (SSSR count). The van der Waals surface area contributed by atoms with Crippen LogP contribution in [0.2, 0.25) is 5.02 Å². The highest BCUT2D eigenvalue weighted by atomic mass is 35.5. The first kappa shape index (κ1) is 19.7. The van der Waals surface area contributed by atoms with E-state index in [0.717, 1.165) is 18.7 Å². The summed E-state index contributed by atoms with van der Waals surface area (Å²) in [6.07, 6.45) is 2.29. The number of halogens is 1. The summed E-state index contributed by atoms with van der Waals surface area (Å²) in [5, 5.41) is 17.8. The van der Waals surface area contributed by atoms with Gasteiger partial charge in [-0.25, -0.2) is 0 Å². The molecule has 0 aliphatic carbocycles. The minimum absolute atomic E-state index is 0.0341. The van der Waals surface area contributed by atoms with Crippen molar-refractivity contribution in [1.29, 1.82) is 0 Å². The molecule has 0 saturated carbocycles. The Hall–Kier alpha value is -2.28. The number of fused-ring (bicyclic) bond motifs is 2. The fraction of sp³-hybridized carbons (Fsp3) is 0.348. The molecular formula is C23H23ClN2O3S. The zero-order chi connectivity index (χ0) is 20.7. The van der Waals surface area contributed by atoms with Crippen molar-refractivity contribution in [2.45, 2.75) is 31.3 Å². The first-order chi connectivity index (χ1) is 14.5. The van der Waals surface area contributed by atoms with E-state index in [1.165, 1.54) is 15.8 Å². The van der Waals surface area contributed by atoms with Crippen LogP contribution in [0.1, 0.15) is 24.8 Å². The van der Waals surface area contributed by atoms with E-state index in [4.69, 9.17) is 16.3 Å². The molecule has 0 atom stereocenters. The van der Waals surface area contributed by atoms with Crippen LogP contribution in [0, 0.1) is 0 Å². The molecule has 1 amide bonds. The van der Waals surface area contributed by atoms with Gasteiger partial charge in [-0.3, -0.25) is 4.79 Å². The largest absolute Gasteiger partial charge is 0.490 e. The van der Waals surface area contributed by atoms with Crippen LogP contribution in [0.4, 0.5) is 11.4 Å².